The lowest BCUT2D eigenvalue weighted by molar-refractivity contribution is 0.0527. The number of hydrogen-bond acceptors (Lipinski definition) is 3. The second-order valence-corrected chi connectivity index (χ2v) is 7.72. The van der Waals surface area contributed by atoms with E-state index in [0.717, 1.165) is 35.4 Å². The van der Waals surface area contributed by atoms with Crippen LogP contribution < -0.4 is 16.0 Å². The van der Waals surface area contributed by atoms with Crippen molar-refractivity contribution in [3.05, 3.63) is 35.8 Å². The van der Waals surface area contributed by atoms with Crippen LogP contribution in [0.4, 0.5) is 9.18 Å². The highest BCUT2D eigenvalue weighted by Crippen LogP contribution is 2.19. The molecule has 0 bridgehead atoms. The van der Waals surface area contributed by atoms with Crippen LogP contribution in [0.5, 0.6) is 0 Å². The Morgan fingerprint density at radius 2 is 1.97 bits per heavy atom. The topological polar surface area (TPSA) is 90.5 Å². The van der Waals surface area contributed by atoms with Crippen molar-refractivity contribution in [2.45, 2.75) is 46.1 Å². The van der Waals surface area contributed by atoms with E-state index in [2.05, 4.69) is 25.9 Å². The number of ether oxygens (including phenoxy) is 1. The lowest BCUT2D eigenvalue weighted by Crippen LogP contribution is -2.38. The van der Waals surface area contributed by atoms with E-state index in [4.69, 9.17) is 4.74 Å². The van der Waals surface area contributed by atoms with Crippen molar-refractivity contribution in [2.75, 3.05) is 26.2 Å². The molecule has 1 heterocycles. The van der Waals surface area contributed by atoms with Gasteiger partial charge in [0.05, 0.1) is 0 Å². The van der Waals surface area contributed by atoms with Crippen LogP contribution in [0.1, 0.15) is 39.7 Å². The number of hydrogen-bond donors (Lipinski definition) is 4. The first kappa shape index (κ1) is 26.0. The van der Waals surface area contributed by atoms with Gasteiger partial charge in [-0.25, -0.2) is 9.18 Å². The molecule has 0 atom stereocenters. The lowest BCUT2D eigenvalue weighted by atomic mass is 10.1. The number of aromatic amines is 1. The SMILES string of the molecule is CCNC(=NCCCNC(=O)OC(C)(C)C)NCCc1c[nH]c2cc(F)ccc12.I. The molecule has 1 aromatic heterocycles. The van der Waals surface area contributed by atoms with E-state index in [0.29, 0.717) is 26.1 Å². The molecule has 0 aliphatic carbocycles. The molecule has 7 nitrogen and oxygen atoms in total. The Bertz CT molecular complexity index is 832. The van der Waals surface area contributed by atoms with Crippen LogP contribution in [-0.4, -0.2) is 48.8 Å². The molecular formula is C21H33FIN5O2. The number of halogens is 2. The van der Waals surface area contributed by atoms with Gasteiger partial charge < -0.3 is 25.7 Å². The number of fused-ring (bicyclic) bond motifs is 1. The number of nitrogens with one attached hydrogen (secondary N) is 4. The Morgan fingerprint density at radius 1 is 1.20 bits per heavy atom. The predicted molar refractivity (Wildman–Crippen MR) is 130 cm³/mol. The summed E-state index contributed by atoms with van der Waals surface area (Å²) < 4.78 is 18.5. The van der Waals surface area contributed by atoms with Crippen molar-refractivity contribution in [1.82, 2.24) is 20.9 Å². The summed E-state index contributed by atoms with van der Waals surface area (Å²) in [5.41, 5.74) is 1.44. The Balaban J connectivity index is 0.00000450. The number of alkyl carbamates (subject to hydrolysis) is 1. The minimum absolute atomic E-state index is 0. The number of aromatic nitrogens is 1. The standard InChI is InChI=1S/C21H32FN5O2.HI/c1-5-23-19(24-10-6-11-26-20(28)29-21(2,3)4)25-12-9-15-14-27-18-13-16(22)7-8-17(15)18;/h7-8,13-14,27H,5-6,9-12H2,1-4H3,(H,26,28)(H2,23,24,25);1H. The van der Waals surface area contributed by atoms with E-state index in [1.807, 2.05) is 33.9 Å². The Hall–Kier alpha value is -2.04. The normalized spacial score (nSPS) is 11.7. The van der Waals surface area contributed by atoms with Crippen LogP contribution in [0.3, 0.4) is 0 Å². The molecule has 0 fully saturated rings. The van der Waals surface area contributed by atoms with Gasteiger partial charge in [0.2, 0.25) is 0 Å². The van der Waals surface area contributed by atoms with Gasteiger partial charge in [-0.1, -0.05) is 0 Å². The number of nitrogens with zero attached hydrogens (tertiary/aromatic N) is 1. The summed E-state index contributed by atoms with van der Waals surface area (Å²) in [6.45, 7) is 10.1. The van der Waals surface area contributed by atoms with Gasteiger partial charge in [0.15, 0.2) is 5.96 Å². The number of aliphatic imine (C=N–C) groups is 1. The number of amides is 1. The van der Waals surface area contributed by atoms with Crippen LogP contribution in [0.25, 0.3) is 10.9 Å². The van der Waals surface area contributed by atoms with E-state index >= 15 is 0 Å². The minimum atomic E-state index is -0.497. The van der Waals surface area contributed by atoms with Crippen molar-refractivity contribution in [1.29, 1.82) is 0 Å². The molecule has 0 saturated heterocycles. The first-order valence-corrected chi connectivity index (χ1v) is 10.0. The molecule has 1 aromatic carbocycles. The molecule has 2 rings (SSSR count). The highest BCUT2D eigenvalue weighted by molar-refractivity contribution is 14.0. The molecular weight excluding hydrogens is 500 g/mol. The van der Waals surface area contributed by atoms with Gasteiger partial charge in [-0.05, 0) is 64.3 Å². The van der Waals surface area contributed by atoms with Gasteiger partial charge in [-0.2, -0.15) is 0 Å². The van der Waals surface area contributed by atoms with E-state index in [1.54, 1.807) is 6.07 Å². The fourth-order valence-corrected chi connectivity index (χ4v) is 2.80. The first-order chi connectivity index (χ1) is 13.8. The minimum Gasteiger partial charge on any atom is -0.444 e. The summed E-state index contributed by atoms with van der Waals surface area (Å²) in [5, 5.41) is 10.3. The second kappa shape index (κ2) is 12.6. The number of carbonyl (C=O) groups excluding carboxylic acids is 1. The zero-order chi connectivity index (χ0) is 21.3. The van der Waals surface area contributed by atoms with Crippen LogP contribution in [0.15, 0.2) is 29.4 Å². The highest BCUT2D eigenvalue weighted by Gasteiger charge is 2.15. The summed E-state index contributed by atoms with van der Waals surface area (Å²) in [4.78, 5) is 19.2. The van der Waals surface area contributed by atoms with Crippen molar-refractivity contribution in [3.8, 4) is 0 Å². The molecule has 2 aromatic rings. The van der Waals surface area contributed by atoms with E-state index in [-0.39, 0.29) is 29.8 Å². The lowest BCUT2D eigenvalue weighted by Gasteiger charge is -2.19. The van der Waals surface area contributed by atoms with E-state index in [9.17, 15) is 9.18 Å². The maximum atomic E-state index is 13.3. The molecule has 0 spiro atoms. The van der Waals surface area contributed by atoms with Gasteiger partial charge in [0, 0.05) is 43.3 Å². The third kappa shape index (κ3) is 9.19. The molecule has 0 unspecified atom stereocenters. The Kier molecular flexibility index (Phi) is 10.9. The Labute approximate surface area is 194 Å². The van der Waals surface area contributed by atoms with E-state index < -0.39 is 11.7 Å². The van der Waals surface area contributed by atoms with E-state index in [1.165, 1.54) is 12.1 Å². The first-order valence-electron chi connectivity index (χ1n) is 10.0. The summed E-state index contributed by atoms with van der Waals surface area (Å²) in [7, 11) is 0. The molecule has 168 valence electrons. The summed E-state index contributed by atoms with van der Waals surface area (Å²) in [5.74, 6) is 0.488. The molecule has 0 saturated carbocycles. The smallest absolute Gasteiger partial charge is 0.407 e. The van der Waals surface area contributed by atoms with Gasteiger partial charge in [-0.3, -0.25) is 4.99 Å². The molecule has 0 aliphatic rings. The van der Waals surface area contributed by atoms with Gasteiger partial charge in [0.1, 0.15) is 11.4 Å². The number of rotatable bonds is 8. The largest absolute Gasteiger partial charge is 0.444 e. The highest BCUT2D eigenvalue weighted by atomic mass is 127. The van der Waals surface area contributed by atoms with Crippen molar-refractivity contribution < 1.29 is 13.9 Å². The zero-order valence-corrected chi connectivity index (χ0v) is 20.4. The van der Waals surface area contributed by atoms with Gasteiger partial charge >= 0.3 is 6.09 Å². The molecule has 0 radical (unpaired) electrons. The third-order valence-corrected chi connectivity index (χ3v) is 4.03. The monoisotopic (exact) mass is 533 g/mol. The second-order valence-electron chi connectivity index (χ2n) is 7.72. The molecule has 0 aliphatic heterocycles. The van der Waals surface area contributed by atoms with Crippen LogP contribution in [-0.2, 0) is 11.2 Å². The van der Waals surface area contributed by atoms with Crippen molar-refractivity contribution >= 4 is 46.9 Å². The van der Waals surface area contributed by atoms with Crippen LogP contribution in [0, 0.1) is 5.82 Å². The van der Waals surface area contributed by atoms with Crippen molar-refractivity contribution in [2.24, 2.45) is 4.99 Å². The maximum absolute atomic E-state index is 13.3. The summed E-state index contributed by atoms with van der Waals surface area (Å²) >= 11 is 0. The molecule has 30 heavy (non-hydrogen) atoms. The van der Waals surface area contributed by atoms with Crippen LogP contribution in [0.2, 0.25) is 0 Å². The average molecular weight is 533 g/mol. The zero-order valence-electron chi connectivity index (χ0n) is 18.1. The summed E-state index contributed by atoms with van der Waals surface area (Å²) in [6, 6.07) is 4.78. The molecule has 4 N–H and O–H groups in total. The number of carbonyl (C=O) groups is 1. The van der Waals surface area contributed by atoms with Gasteiger partial charge in [-0.15, -0.1) is 24.0 Å². The van der Waals surface area contributed by atoms with Gasteiger partial charge in [0.25, 0.3) is 0 Å². The number of H-pyrrole nitrogens is 1. The number of benzene rings is 1. The fourth-order valence-electron chi connectivity index (χ4n) is 2.80. The third-order valence-electron chi connectivity index (χ3n) is 4.03. The van der Waals surface area contributed by atoms with Crippen LogP contribution >= 0.6 is 24.0 Å². The molecule has 1 amide bonds. The predicted octanol–water partition coefficient (Wildman–Crippen LogP) is 3.94. The Morgan fingerprint density at radius 3 is 2.67 bits per heavy atom. The average Bonchev–Trinajstić information content (AvgIpc) is 3.02. The maximum Gasteiger partial charge on any atom is 0.407 e. The summed E-state index contributed by atoms with van der Waals surface area (Å²) in [6.07, 6.45) is 3.00. The quantitative estimate of drug-likeness (QED) is 0.179. The van der Waals surface area contributed by atoms with Crippen molar-refractivity contribution in [3.63, 3.8) is 0 Å². The number of guanidine groups is 1. The fraction of sp³-hybridized carbons (Fsp3) is 0.524. The molecule has 9 heteroatoms.